The van der Waals surface area contributed by atoms with Gasteiger partial charge >= 0.3 is 0 Å². The fourth-order valence-corrected chi connectivity index (χ4v) is 2.60. The van der Waals surface area contributed by atoms with Crippen LogP contribution < -0.4 is 16.8 Å². The van der Waals surface area contributed by atoms with Crippen LogP contribution in [0.5, 0.6) is 0 Å². The summed E-state index contributed by atoms with van der Waals surface area (Å²) in [5.41, 5.74) is 14.2. The Labute approximate surface area is 171 Å². The Balaban J connectivity index is 0.000000431. The van der Waals surface area contributed by atoms with E-state index in [4.69, 9.17) is 11.5 Å². The third-order valence-electron chi connectivity index (χ3n) is 3.76. The first-order valence-corrected chi connectivity index (χ1v) is 9.37. The van der Waals surface area contributed by atoms with Crippen LogP contribution in [0.15, 0.2) is 73.2 Å². The van der Waals surface area contributed by atoms with Crippen molar-refractivity contribution in [3.05, 3.63) is 73.2 Å². The van der Waals surface area contributed by atoms with E-state index in [1.54, 1.807) is 18.6 Å². The molecule has 6 nitrogen and oxygen atoms in total. The van der Waals surface area contributed by atoms with Gasteiger partial charge in [-0.2, -0.15) is 0 Å². The smallest absolute Gasteiger partial charge is 0.132 e. The highest BCUT2D eigenvalue weighted by atomic mass is 15.0. The molecule has 0 atom stereocenters. The van der Waals surface area contributed by atoms with Gasteiger partial charge in [0.05, 0.1) is 5.69 Å². The van der Waals surface area contributed by atoms with Crippen LogP contribution in [0.2, 0.25) is 0 Å². The van der Waals surface area contributed by atoms with Gasteiger partial charge in [0.15, 0.2) is 0 Å². The maximum absolute atomic E-state index is 6.09. The molecular formula is C23H26N6. The van der Waals surface area contributed by atoms with Gasteiger partial charge in [-0.15, -0.1) is 0 Å². The molecule has 0 saturated carbocycles. The Morgan fingerprint density at radius 2 is 1.66 bits per heavy atom. The number of nitrogen functional groups attached to an aromatic ring is 1. The van der Waals surface area contributed by atoms with Gasteiger partial charge in [0.2, 0.25) is 0 Å². The predicted octanol–water partition coefficient (Wildman–Crippen LogP) is 4.76. The Morgan fingerprint density at radius 3 is 2.38 bits per heavy atom. The van der Waals surface area contributed by atoms with Gasteiger partial charge in [0.1, 0.15) is 11.6 Å². The molecule has 0 saturated heterocycles. The molecule has 6 heteroatoms. The fraction of sp³-hybridized carbons (Fsp3) is 0.174. The number of pyridine rings is 3. The zero-order chi connectivity index (χ0) is 20.9. The molecule has 3 heterocycles. The van der Waals surface area contributed by atoms with E-state index in [0.29, 0.717) is 5.82 Å². The average molecular weight is 387 g/mol. The lowest BCUT2D eigenvalue weighted by atomic mass is 10.1. The number of hydrogen-bond donors (Lipinski definition) is 3. The molecule has 4 rings (SSSR count). The second-order valence-electron chi connectivity index (χ2n) is 7.78. The maximum Gasteiger partial charge on any atom is 0.132 e. The molecule has 29 heavy (non-hydrogen) atoms. The third-order valence-corrected chi connectivity index (χ3v) is 3.76. The fourth-order valence-electron chi connectivity index (χ4n) is 2.60. The van der Waals surface area contributed by atoms with Crippen molar-refractivity contribution in [2.75, 3.05) is 11.1 Å². The second-order valence-corrected chi connectivity index (χ2v) is 7.78. The van der Waals surface area contributed by atoms with Gasteiger partial charge in [-0.25, -0.2) is 9.97 Å². The third kappa shape index (κ3) is 5.99. The Bertz CT molecular complexity index is 1080. The van der Waals surface area contributed by atoms with E-state index in [2.05, 4.69) is 20.3 Å². The summed E-state index contributed by atoms with van der Waals surface area (Å²) in [5, 5.41) is 5.16. The number of benzene rings is 1. The predicted molar refractivity (Wildman–Crippen MR) is 121 cm³/mol. The molecule has 0 unspecified atom stereocenters. The van der Waals surface area contributed by atoms with Gasteiger partial charge in [0, 0.05) is 46.2 Å². The van der Waals surface area contributed by atoms with Crippen LogP contribution in [0.3, 0.4) is 0 Å². The molecule has 0 aliphatic carbocycles. The van der Waals surface area contributed by atoms with Crippen molar-refractivity contribution in [1.29, 1.82) is 0 Å². The number of nitrogens with two attached hydrogens (primary N) is 2. The highest BCUT2D eigenvalue weighted by Gasteiger charge is 2.07. The van der Waals surface area contributed by atoms with Gasteiger partial charge in [0.25, 0.3) is 0 Å². The molecule has 148 valence electrons. The van der Waals surface area contributed by atoms with Crippen LogP contribution in [-0.2, 0) is 0 Å². The van der Waals surface area contributed by atoms with Gasteiger partial charge in [-0.05, 0) is 57.2 Å². The standard InChI is InChI=1S/C19H15N5.C4H11N/c20-19-16-7-8-21-12-14(16)10-17(24-19)13-6-9-22-18(11-13)23-15-4-2-1-3-5-15;1-4(2,3)5/h1-12H,(H2,20,24)(H,22,23);5H2,1-3H3. The van der Waals surface area contributed by atoms with Crippen LogP contribution in [-0.4, -0.2) is 20.5 Å². The number of para-hydroxylation sites is 1. The number of anilines is 3. The molecule has 5 N–H and O–H groups in total. The van der Waals surface area contributed by atoms with Crippen molar-refractivity contribution in [2.24, 2.45) is 5.73 Å². The summed E-state index contributed by atoms with van der Waals surface area (Å²) in [4.78, 5) is 13.0. The van der Waals surface area contributed by atoms with Crippen molar-refractivity contribution in [3.63, 3.8) is 0 Å². The molecule has 0 aliphatic heterocycles. The van der Waals surface area contributed by atoms with E-state index in [1.807, 2.05) is 75.4 Å². The van der Waals surface area contributed by atoms with Gasteiger partial charge in [-0.1, -0.05) is 18.2 Å². The number of nitrogens with one attached hydrogen (secondary N) is 1. The number of rotatable bonds is 3. The Hall–Kier alpha value is -3.51. The van der Waals surface area contributed by atoms with Crippen molar-refractivity contribution in [2.45, 2.75) is 26.3 Å². The van der Waals surface area contributed by atoms with E-state index in [1.165, 1.54) is 0 Å². The van der Waals surface area contributed by atoms with E-state index in [-0.39, 0.29) is 5.54 Å². The summed E-state index contributed by atoms with van der Waals surface area (Å²) < 4.78 is 0. The minimum absolute atomic E-state index is 0. The zero-order valence-corrected chi connectivity index (χ0v) is 16.9. The molecule has 1 aromatic carbocycles. The summed E-state index contributed by atoms with van der Waals surface area (Å²) in [6, 6.07) is 17.6. The molecule has 0 amide bonds. The van der Waals surface area contributed by atoms with E-state index in [9.17, 15) is 0 Å². The van der Waals surface area contributed by atoms with Crippen LogP contribution in [0.1, 0.15) is 20.8 Å². The minimum atomic E-state index is 0. The number of nitrogens with zero attached hydrogens (tertiary/aromatic N) is 3. The summed E-state index contributed by atoms with van der Waals surface area (Å²) in [7, 11) is 0. The van der Waals surface area contributed by atoms with Crippen molar-refractivity contribution < 1.29 is 0 Å². The van der Waals surface area contributed by atoms with E-state index < -0.39 is 0 Å². The maximum atomic E-state index is 6.09. The highest BCUT2D eigenvalue weighted by Crippen LogP contribution is 2.27. The van der Waals surface area contributed by atoms with Gasteiger partial charge in [-0.3, -0.25) is 4.98 Å². The minimum Gasteiger partial charge on any atom is -0.383 e. The van der Waals surface area contributed by atoms with Crippen molar-refractivity contribution >= 4 is 28.1 Å². The SMILES string of the molecule is CC(C)(C)N.Nc1nc(-c2ccnc(Nc3ccccc3)c2)cc2cnccc12. The summed E-state index contributed by atoms with van der Waals surface area (Å²) in [5.74, 6) is 1.25. The molecule has 3 aromatic heterocycles. The lowest BCUT2D eigenvalue weighted by molar-refractivity contribution is 0.580. The Kier molecular flexibility index (Phi) is 6.04. The van der Waals surface area contributed by atoms with Crippen LogP contribution >= 0.6 is 0 Å². The highest BCUT2D eigenvalue weighted by molar-refractivity contribution is 5.93. The second kappa shape index (κ2) is 8.67. The molecular weight excluding hydrogens is 360 g/mol. The number of hydrogen-bond acceptors (Lipinski definition) is 6. The molecule has 0 spiro atoms. The first kappa shape index (κ1) is 20.2. The average Bonchev–Trinajstić information content (AvgIpc) is 2.68. The van der Waals surface area contributed by atoms with Gasteiger partial charge < -0.3 is 16.8 Å². The van der Waals surface area contributed by atoms with Crippen molar-refractivity contribution in [1.82, 2.24) is 15.0 Å². The lowest BCUT2D eigenvalue weighted by Crippen LogP contribution is -2.26. The molecule has 0 fully saturated rings. The molecule has 0 radical (unpaired) electrons. The van der Waals surface area contributed by atoms with E-state index >= 15 is 0 Å². The largest absolute Gasteiger partial charge is 0.383 e. The van der Waals surface area contributed by atoms with Crippen LogP contribution in [0.25, 0.3) is 22.0 Å². The lowest BCUT2D eigenvalue weighted by Gasteiger charge is -2.09. The number of aromatic nitrogens is 3. The first-order valence-electron chi connectivity index (χ1n) is 9.37. The topological polar surface area (TPSA) is 103 Å². The zero-order valence-electron chi connectivity index (χ0n) is 16.9. The molecule has 0 aliphatic rings. The normalized spacial score (nSPS) is 10.9. The summed E-state index contributed by atoms with van der Waals surface area (Å²) in [6.45, 7) is 5.90. The summed E-state index contributed by atoms with van der Waals surface area (Å²) >= 11 is 0. The molecule has 4 aromatic rings. The number of fused-ring (bicyclic) bond motifs is 1. The Morgan fingerprint density at radius 1 is 0.931 bits per heavy atom. The summed E-state index contributed by atoms with van der Waals surface area (Å²) in [6.07, 6.45) is 5.27. The quantitative estimate of drug-likeness (QED) is 0.469. The van der Waals surface area contributed by atoms with Crippen molar-refractivity contribution in [3.8, 4) is 11.3 Å². The van der Waals surface area contributed by atoms with Crippen LogP contribution in [0, 0.1) is 0 Å². The van der Waals surface area contributed by atoms with E-state index in [0.717, 1.165) is 33.5 Å². The van der Waals surface area contributed by atoms with Crippen LogP contribution in [0.4, 0.5) is 17.3 Å². The first-order chi connectivity index (χ1) is 13.8. The monoisotopic (exact) mass is 386 g/mol. The molecule has 0 bridgehead atoms.